The molecule has 2 fully saturated rings. The molecule has 0 saturated carbocycles. The van der Waals surface area contributed by atoms with E-state index in [0.717, 1.165) is 21.6 Å². The number of methoxy groups -OCH3 is 1. The highest BCUT2D eigenvalue weighted by Gasteiger charge is 2.50. The minimum absolute atomic E-state index is 0.0111. The lowest BCUT2D eigenvalue weighted by molar-refractivity contribution is -0.146. The molecule has 0 aliphatic carbocycles. The molecule has 168 valence electrons. The summed E-state index contributed by atoms with van der Waals surface area (Å²) in [6.45, 7) is 6.62. The zero-order valence-corrected chi connectivity index (χ0v) is 19.6. The molecule has 4 rings (SSSR count). The fourth-order valence-electron chi connectivity index (χ4n) is 4.24. The average molecular weight is 493 g/mol. The molecule has 3 heterocycles. The number of aromatic amines is 1. The predicted octanol–water partition coefficient (Wildman–Crippen LogP) is 3.71. The van der Waals surface area contributed by atoms with Gasteiger partial charge < -0.3 is 24.5 Å². The van der Waals surface area contributed by atoms with E-state index in [1.165, 1.54) is 7.11 Å². The molecule has 1 amide bonds. The first-order valence-electron chi connectivity index (χ1n) is 10.6. The van der Waals surface area contributed by atoms with Crippen molar-refractivity contribution in [2.24, 2.45) is 5.92 Å². The molecular weight excluding hydrogens is 464 g/mol. The standard InChI is InChI=1S/C22H29BrN4O4/c1-14(2)18(26-21(28)29-3)12-27-13-22(30-8-9-31-22)10-19(27)20-24-11-17(25-20)15-4-6-16(23)7-5-15/h4-7,11,14,18-19H,8-10,12-13H2,1-3H3,(H,24,25)(H,26,28). The maximum Gasteiger partial charge on any atom is 0.407 e. The molecule has 0 bridgehead atoms. The number of H-pyrrole nitrogens is 1. The monoisotopic (exact) mass is 492 g/mol. The van der Waals surface area contributed by atoms with Gasteiger partial charge in [0.05, 0.1) is 44.8 Å². The molecule has 2 aliphatic heterocycles. The minimum atomic E-state index is -0.623. The molecule has 1 spiro atoms. The Hall–Kier alpha value is -1.94. The number of nitrogens with zero attached hydrogens (tertiary/aromatic N) is 2. The van der Waals surface area contributed by atoms with Gasteiger partial charge in [0.15, 0.2) is 5.79 Å². The summed E-state index contributed by atoms with van der Waals surface area (Å²) in [5.74, 6) is 0.480. The minimum Gasteiger partial charge on any atom is -0.453 e. The molecule has 2 aromatic rings. The van der Waals surface area contributed by atoms with Crippen LogP contribution in [0.1, 0.15) is 32.1 Å². The van der Waals surface area contributed by atoms with Gasteiger partial charge in [0.2, 0.25) is 0 Å². The van der Waals surface area contributed by atoms with E-state index in [4.69, 9.17) is 19.2 Å². The van der Waals surface area contributed by atoms with Crippen LogP contribution in [-0.4, -0.2) is 66.2 Å². The molecule has 9 heteroatoms. The highest BCUT2D eigenvalue weighted by molar-refractivity contribution is 9.10. The second-order valence-corrected chi connectivity index (χ2v) is 9.35. The van der Waals surface area contributed by atoms with Gasteiger partial charge in [-0.1, -0.05) is 41.9 Å². The van der Waals surface area contributed by atoms with Gasteiger partial charge in [-0.05, 0) is 23.6 Å². The second kappa shape index (κ2) is 9.28. The van der Waals surface area contributed by atoms with Gasteiger partial charge in [-0.2, -0.15) is 0 Å². The quantitative estimate of drug-likeness (QED) is 0.638. The summed E-state index contributed by atoms with van der Waals surface area (Å²) in [6, 6.07) is 8.04. The summed E-state index contributed by atoms with van der Waals surface area (Å²) in [5, 5.41) is 2.96. The Morgan fingerprint density at radius 2 is 2.06 bits per heavy atom. The topological polar surface area (TPSA) is 88.7 Å². The second-order valence-electron chi connectivity index (χ2n) is 8.43. The molecule has 1 aromatic heterocycles. The third-order valence-electron chi connectivity index (χ3n) is 5.99. The van der Waals surface area contributed by atoms with E-state index in [1.807, 2.05) is 30.5 Å². The first kappa shape index (κ1) is 22.3. The summed E-state index contributed by atoms with van der Waals surface area (Å²) in [6.07, 6.45) is 2.13. The first-order valence-corrected chi connectivity index (χ1v) is 11.4. The number of amides is 1. The van der Waals surface area contributed by atoms with Crippen LogP contribution in [0.5, 0.6) is 0 Å². The third-order valence-corrected chi connectivity index (χ3v) is 6.52. The molecule has 2 saturated heterocycles. The smallest absolute Gasteiger partial charge is 0.407 e. The van der Waals surface area contributed by atoms with Crippen molar-refractivity contribution in [1.29, 1.82) is 0 Å². The van der Waals surface area contributed by atoms with E-state index in [9.17, 15) is 4.79 Å². The number of rotatable bonds is 6. The lowest BCUT2D eigenvalue weighted by atomic mass is 10.0. The number of halogens is 1. The van der Waals surface area contributed by atoms with Gasteiger partial charge in [0.25, 0.3) is 0 Å². The average Bonchev–Trinajstić information content (AvgIpc) is 3.48. The largest absolute Gasteiger partial charge is 0.453 e. The summed E-state index contributed by atoms with van der Waals surface area (Å²) in [4.78, 5) is 22.3. The Morgan fingerprint density at radius 3 is 2.71 bits per heavy atom. The van der Waals surface area contributed by atoms with Crippen LogP contribution in [0, 0.1) is 5.92 Å². The van der Waals surface area contributed by atoms with E-state index in [0.29, 0.717) is 32.7 Å². The van der Waals surface area contributed by atoms with Crippen LogP contribution in [0.15, 0.2) is 34.9 Å². The Bertz CT molecular complexity index is 895. The summed E-state index contributed by atoms with van der Waals surface area (Å²) in [7, 11) is 1.38. The molecule has 0 radical (unpaired) electrons. The zero-order chi connectivity index (χ0) is 22.0. The number of nitrogens with one attached hydrogen (secondary N) is 2. The Balaban J connectivity index is 1.57. The molecule has 2 aliphatic rings. The van der Waals surface area contributed by atoms with E-state index < -0.39 is 11.9 Å². The van der Waals surface area contributed by atoms with Crippen molar-refractivity contribution in [2.75, 3.05) is 33.4 Å². The van der Waals surface area contributed by atoms with Crippen molar-refractivity contribution in [1.82, 2.24) is 20.2 Å². The number of hydrogen-bond acceptors (Lipinski definition) is 6. The zero-order valence-electron chi connectivity index (χ0n) is 18.1. The molecule has 8 nitrogen and oxygen atoms in total. The third kappa shape index (κ3) is 4.95. The van der Waals surface area contributed by atoms with Crippen LogP contribution in [0.2, 0.25) is 0 Å². The van der Waals surface area contributed by atoms with Crippen molar-refractivity contribution in [2.45, 2.75) is 38.1 Å². The van der Waals surface area contributed by atoms with Crippen LogP contribution in [0.3, 0.4) is 0 Å². The van der Waals surface area contributed by atoms with Gasteiger partial charge >= 0.3 is 6.09 Å². The highest BCUT2D eigenvalue weighted by atomic mass is 79.9. The lowest BCUT2D eigenvalue weighted by Gasteiger charge is -2.30. The number of hydrogen-bond donors (Lipinski definition) is 2. The molecular formula is C22H29BrN4O4. The van der Waals surface area contributed by atoms with Gasteiger partial charge in [-0.15, -0.1) is 0 Å². The fourth-order valence-corrected chi connectivity index (χ4v) is 4.51. The Morgan fingerprint density at radius 1 is 1.35 bits per heavy atom. The Labute approximate surface area is 190 Å². The number of aromatic nitrogens is 2. The van der Waals surface area contributed by atoms with Crippen molar-refractivity contribution in [3.63, 3.8) is 0 Å². The maximum atomic E-state index is 11.9. The van der Waals surface area contributed by atoms with Gasteiger partial charge in [-0.25, -0.2) is 9.78 Å². The number of imidazole rings is 1. The van der Waals surface area contributed by atoms with Crippen LogP contribution < -0.4 is 5.32 Å². The van der Waals surface area contributed by atoms with Crippen LogP contribution in [-0.2, 0) is 14.2 Å². The fraction of sp³-hybridized carbons (Fsp3) is 0.545. The van der Waals surface area contributed by atoms with Crippen molar-refractivity contribution >= 4 is 22.0 Å². The van der Waals surface area contributed by atoms with Crippen molar-refractivity contribution < 1.29 is 19.0 Å². The maximum absolute atomic E-state index is 11.9. The molecule has 2 unspecified atom stereocenters. The summed E-state index contributed by atoms with van der Waals surface area (Å²) < 4.78 is 17.9. The van der Waals surface area contributed by atoms with E-state index in [2.05, 4.69) is 45.0 Å². The number of carbonyl (C=O) groups is 1. The summed E-state index contributed by atoms with van der Waals surface area (Å²) >= 11 is 3.48. The number of likely N-dealkylation sites (tertiary alicyclic amines) is 1. The Kier molecular flexibility index (Phi) is 6.66. The van der Waals surface area contributed by atoms with E-state index in [1.54, 1.807) is 0 Å². The van der Waals surface area contributed by atoms with Crippen molar-refractivity contribution in [3.8, 4) is 11.3 Å². The number of alkyl carbamates (subject to hydrolysis) is 1. The van der Waals surface area contributed by atoms with E-state index in [-0.39, 0.29) is 18.0 Å². The van der Waals surface area contributed by atoms with Gasteiger partial charge in [0, 0.05) is 23.5 Å². The summed E-state index contributed by atoms with van der Waals surface area (Å²) in [5.41, 5.74) is 2.03. The SMILES string of the molecule is COC(=O)NC(CN1CC2(CC1c1ncc(-c3ccc(Br)cc3)[nH]1)OCCO2)C(C)C. The molecule has 1 aromatic carbocycles. The normalized spacial score (nSPS) is 21.6. The van der Waals surface area contributed by atoms with Crippen LogP contribution >= 0.6 is 15.9 Å². The number of carbonyl (C=O) groups excluding carboxylic acids is 1. The van der Waals surface area contributed by atoms with E-state index >= 15 is 0 Å². The number of benzene rings is 1. The van der Waals surface area contributed by atoms with Crippen LogP contribution in [0.25, 0.3) is 11.3 Å². The van der Waals surface area contributed by atoms with Crippen molar-refractivity contribution in [3.05, 3.63) is 40.8 Å². The van der Waals surface area contributed by atoms with Gasteiger partial charge in [-0.3, -0.25) is 4.90 Å². The molecule has 2 N–H and O–H groups in total. The first-order chi connectivity index (χ1) is 14.9. The van der Waals surface area contributed by atoms with Gasteiger partial charge in [0.1, 0.15) is 5.82 Å². The van der Waals surface area contributed by atoms with Crippen LogP contribution in [0.4, 0.5) is 4.79 Å². The predicted molar refractivity (Wildman–Crippen MR) is 119 cm³/mol. The highest BCUT2D eigenvalue weighted by Crippen LogP contribution is 2.42. The molecule has 31 heavy (non-hydrogen) atoms. The number of ether oxygens (including phenoxy) is 3. The lowest BCUT2D eigenvalue weighted by Crippen LogP contribution is -2.47. The molecule has 2 atom stereocenters.